The molecule has 0 saturated heterocycles. The second-order valence-electron chi connectivity index (χ2n) is 3.86. The van der Waals surface area contributed by atoms with Crippen LogP contribution in [0.25, 0.3) is 11.3 Å². The summed E-state index contributed by atoms with van der Waals surface area (Å²) in [6.45, 7) is 0. The molecule has 0 aliphatic heterocycles. The van der Waals surface area contributed by atoms with Gasteiger partial charge in [0.05, 0.1) is 5.69 Å². The van der Waals surface area contributed by atoms with Gasteiger partial charge in [-0.05, 0) is 35.4 Å². The minimum atomic E-state index is -0.330. The van der Waals surface area contributed by atoms with Crippen LogP contribution in [0.5, 0.6) is 0 Å². The van der Waals surface area contributed by atoms with Crippen molar-refractivity contribution in [2.75, 3.05) is 5.32 Å². The van der Waals surface area contributed by atoms with Crippen LogP contribution in [0, 0.1) is 0 Å². The Morgan fingerprint density at radius 2 is 2.00 bits per heavy atom. The normalized spacial score (nSPS) is 10.4. The summed E-state index contributed by atoms with van der Waals surface area (Å²) in [6, 6.07) is 9.25. The zero-order chi connectivity index (χ0) is 13.9. The van der Waals surface area contributed by atoms with Crippen LogP contribution in [-0.4, -0.2) is 26.3 Å². The highest BCUT2D eigenvalue weighted by Gasteiger charge is 2.12. The topological polar surface area (TPSA) is 83.6 Å². The maximum atomic E-state index is 11.9. The summed E-state index contributed by atoms with van der Waals surface area (Å²) in [5, 5.41) is 17.0. The molecule has 0 aliphatic carbocycles. The van der Waals surface area contributed by atoms with Crippen molar-refractivity contribution in [3.63, 3.8) is 0 Å². The number of nitrogens with zero attached hydrogens (tertiary/aromatic N) is 3. The summed E-state index contributed by atoms with van der Waals surface area (Å²) in [5.41, 5.74) is 2.57. The van der Waals surface area contributed by atoms with E-state index in [1.807, 2.05) is 18.2 Å². The Labute approximate surface area is 122 Å². The van der Waals surface area contributed by atoms with E-state index in [0.717, 1.165) is 22.6 Å². The van der Waals surface area contributed by atoms with Crippen LogP contribution in [0.4, 0.5) is 5.69 Å². The molecule has 3 aromatic rings. The number of aromatic amines is 1. The van der Waals surface area contributed by atoms with Gasteiger partial charge in [0.1, 0.15) is 0 Å². The maximum Gasteiger partial charge on any atom is 0.286 e. The molecule has 0 unspecified atom stereocenters. The Balaban J connectivity index is 1.74. The third-order valence-corrected chi connectivity index (χ3v) is 3.57. The minimum absolute atomic E-state index is 0.229. The number of rotatable bonds is 3. The number of benzene rings is 1. The maximum absolute atomic E-state index is 11.9. The molecule has 0 spiro atoms. The van der Waals surface area contributed by atoms with E-state index in [4.69, 9.17) is 11.6 Å². The van der Waals surface area contributed by atoms with Gasteiger partial charge in [0.2, 0.25) is 9.47 Å². The fourth-order valence-electron chi connectivity index (χ4n) is 1.63. The number of carbonyl (C=O) groups excluding carboxylic acids is 1. The predicted molar refractivity (Wildman–Crippen MR) is 76.9 cm³/mol. The summed E-state index contributed by atoms with van der Waals surface area (Å²) in [5.74, 6) is -0.330. The standard InChI is InChI=1S/C12H8ClN5OS/c13-12-18-17-11(20-12)10(19)15-8-3-1-7(2-4-8)9-5-6-14-16-9/h1-6H,(H,14,16)(H,15,19). The van der Waals surface area contributed by atoms with E-state index in [2.05, 4.69) is 25.7 Å². The molecule has 1 amide bonds. The van der Waals surface area contributed by atoms with Crippen molar-refractivity contribution in [2.45, 2.75) is 0 Å². The molecule has 2 heterocycles. The van der Waals surface area contributed by atoms with E-state index in [-0.39, 0.29) is 15.4 Å². The van der Waals surface area contributed by atoms with Gasteiger partial charge in [-0.15, -0.1) is 10.2 Å². The lowest BCUT2D eigenvalue weighted by molar-refractivity contribution is 0.102. The third kappa shape index (κ3) is 2.68. The smallest absolute Gasteiger partial charge is 0.286 e. The van der Waals surface area contributed by atoms with E-state index in [9.17, 15) is 4.79 Å². The number of carbonyl (C=O) groups is 1. The van der Waals surface area contributed by atoms with Crippen molar-refractivity contribution in [1.29, 1.82) is 0 Å². The lowest BCUT2D eigenvalue weighted by Crippen LogP contribution is -2.11. The molecule has 0 atom stereocenters. The molecule has 0 saturated carbocycles. The van der Waals surface area contributed by atoms with E-state index in [1.165, 1.54) is 0 Å². The average molecular weight is 306 g/mol. The van der Waals surface area contributed by atoms with Gasteiger partial charge in [0.25, 0.3) is 5.91 Å². The summed E-state index contributed by atoms with van der Waals surface area (Å²) >= 11 is 6.67. The zero-order valence-corrected chi connectivity index (χ0v) is 11.6. The van der Waals surface area contributed by atoms with Crippen molar-refractivity contribution < 1.29 is 4.79 Å². The quantitative estimate of drug-likeness (QED) is 0.779. The summed E-state index contributed by atoms with van der Waals surface area (Å²) in [4.78, 5) is 11.9. The fourth-order valence-corrected chi connectivity index (χ4v) is 2.36. The lowest BCUT2D eigenvalue weighted by atomic mass is 10.1. The molecular formula is C12H8ClN5OS. The number of nitrogens with one attached hydrogen (secondary N) is 2. The van der Waals surface area contributed by atoms with Gasteiger partial charge in [-0.3, -0.25) is 9.89 Å². The molecule has 0 fully saturated rings. The highest BCUT2D eigenvalue weighted by molar-refractivity contribution is 7.17. The van der Waals surface area contributed by atoms with Gasteiger partial charge >= 0.3 is 0 Å². The van der Waals surface area contributed by atoms with Gasteiger partial charge in [-0.1, -0.05) is 23.5 Å². The monoisotopic (exact) mass is 305 g/mol. The third-order valence-electron chi connectivity index (χ3n) is 2.55. The Morgan fingerprint density at radius 1 is 1.20 bits per heavy atom. The summed E-state index contributed by atoms with van der Waals surface area (Å²) in [7, 11) is 0. The van der Waals surface area contributed by atoms with Crippen molar-refractivity contribution in [3.05, 3.63) is 46.0 Å². The van der Waals surface area contributed by atoms with Crippen LogP contribution in [0.1, 0.15) is 9.80 Å². The van der Waals surface area contributed by atoms with Gasteiger partial charge < -0.3 is 5.32 Å². The zero-order valence-electron chi connectivity index (χ0n) is 10.0. The molecule has 0 radical (unpaired) electrons. The Kier molecular flexibility index (Phi) is 3.44. The number of anilines is 1. The molecule has 2 aromatic heterocycles. The highest BCUT2D eigenvalue weighted by atomic mass is 35.5. The second kappa shape index (κ2) is 5.40. The van der Waals surface area contributed by atoms with Crippen LogP contribution in [-0.2, 0) is 0 Å². The van der Waals surface area contributed by atoms with Crippen LogP contribution in [0.3, 0.4) is 0 Å². The van der Waals surface area contributed by atoms with Gasteiger partial charge in [0.15, 0.2) is 0 Å². The van der Waals surface area contributed by atoms with E-state index >= 15 is 0 Å². The van der Waals surface area contributed by atoms with Gasteiger partial charge in [0, 0.05) is 11.9 Å². The van der Waals surface area contributed by atoms with Gasteiger partial charge in [-0.25, -0.2) is 0 Å². The lowest BCUT2D eigenvalue weighted by Gasteiger charge is -2.03. The number of H-pyrrole nitrogens is 1. The van der Waals surface area contributed by atoms with E-state index in [1.54, 1.807) is 18.3 Å². The molecule has 1 aromatic carbocycles. The first-order chi connectivity index (χ1) is 9.72. The highest BCUT2D eigenvalue weighted by Crippen LogP contribution is 2.20. The molecule has 3 rings (SSSR count). The molecule has 2 N–H and O–H groups in total. The van der Waals surface area contributed by atoms with Crippen LogP contribution < -0.4 is 5.32 Å². The van der Waals surface area contributed by atoms with Crippen molar-refractivity contribution in [1.82, 2.24) is 20.4 Å². The van der Waals surface area contributed by atoms with Crippen molar-refractivity contribution in [2.24, 2.45) is 0 Å². The largest absolute Gasteiger partial charge is 0.320 e. The first-order valence-electron chi connectivity index (χ1n) is 5.62. The van der Waals surface area contributed by atoms with Gasteiger partial charge in [-0.2, -0.15) is 5.10 Å². The number of halogens is 1. The van der Waals surface area contributed by atoms with Crippen LogP contribution in [0.15, 0.2) is 36.5 Å². The average Bonchev–Trinajstić information content (AvgIpc) is 3.10. The SMILES string of the molecule is O=C(Nc1ccc(-c2ccn[nH]2)cc1)c1nnc(Cl)s1. The number of hydrogen-bond donors (Lipinski definition) is 2. The first kappa shape index (κ1) is 12.8. The molecule has 100 valence electrons. The molecule has 20 heavy (non-hydrogen) atoms. The summed E-state index contributed by atoms with van der Waals surface area (Å²) < 4.78 is 0.241. The fraction of sp³-hybridized carbons (Fsp3) is 0. The summed E-state index contributed by atoms with van der Waals surface area (Å²) in [6.07, 6.45) is 1.68. The van der Waals surface area contributed by atoms with Crippen LogP contribution in [0.2, 0.25) is 4.47 Å². The van der Waals surface area contributed by atoms with E-state index < -0.39 is 0 Å². The molecular weight excluding hydrogens is 298 g/mol. The van der Waals surface area contributed by atoms with Crippen molar-refractivity contribution >= 4 is 34.5 Å². The number of aromatic nitrogens is 4. The van der Waals surface area contributed by atoms with Crippen molar-refractivity contribution in [3.8, 4) is 11.3 Å². The van der Waals surface area contributed by atoms with E-state index in [0.29, 0.717) is 5.69 Å². The minimum Gasteiger partial charge on any atom is -0.320 e. The Bertz CT molecular complexity index is 723. The Hall–Kier alpha value is -2.25. The predicted octanol–water partition coefficient (Wildman–Crippen LogP) is 2.83. The number of hydrogen-bond acceptors (Lipinski definition) is 5. The molecule has 6 nitrogen and oxygen atoms in total. The molecule has 0 aliphatic rings. The first-order valence-corrected chi connectivity index (χ1v) is 6.82. The number of amides is 1. The molecule has 0 bridgehead atoms. The van der Waals surface area contributed by atoms with Crippen LogP contribution >= 0.6 is 22.9 Å². The molecule has 8 heteroatoms. The second-order valence-corrected chi connectivity index (χ2v) is 5.42. The Morgan fingerprint density at radius 3 is 2.60 bits per heavy atom.